The fourth-order valence-corrected chi connectivity index (χ4v) is 1.88. The Kier molecular flexibility index (Phi) is 3.79. The highest BCUT2D eigenvalue weighted by molar-refractivity contribution is 5.86. The summed E-state index contributed by atoms with van der Waals surface area (Å²) in [6.45, 7) is 2.07. The van der Waals surface area contributed by atoms with Crippen LogP contribution in [0.4, 0.5) is 0 Å². The highest BCUT2D eigenvalue weighted by Crippen LogP contribution is 2.07. The number of carboxylic acid groups (broad SMARTS) is 1. The number of rotatable bonds is 4. The minimum atomic E-state index is -1.38. The first kappa shape index (κ1) is 13.7. The average molecular weight is 275 g/mol. The SMILES string of the molecule is CCc1cccnc1Cn1cc(C(=O)O)c(=O)[nH]c1=O. The number of nitrogens with zero attached hydrogens (tertiary/aromatic N) is 2. The molecule has 0 atom stereocenters. The number of aromatic amines is 1. The lowest BCUT2D eigenvalue weighted by Crippen LogP contribution is -2.33. The molecular formula is C13H13N3O4. The summed E-state index contributed by atoms with van der Waals surface area (Å²) in [5.74, 6) is -1.38. The van der Waals surface area contributed by atoms with Crippen molar-refractivity contribution in [3.05, 3.63) is 62.2 Å². The third-order valence-electron chi connectivity index (χ3n) is 2.93. The molecule has 0 aliphatic carbocycles. The first-order chi connectivity index (χ1) is 9.52. The van der Waals surface area contributed by atoms with Gasteiger partial charge in [-0.15, -0.1) is 0 Å². The lowest BCUT2D eigenvalue weighted by Gasteiger charge is -2.09. The molecular weight excluding hydrogens is 262 g/mol. The zero-order valence-corrected chi connectivity index (χ0v) is 10.8. The standard InChI is InChI=1S/C13H13N3O4/c1-2-8-4-3-5-14-10(8)7-16-6-9(12(18)19)11(17)15-13(16)20/h3-6H,2,7H2,1H3,(H,18,19)(H,15,17,20). The molecule has 0 aromatic carbocycles. The molecule has 0 aliphatic heterocycles. The van der Waals surface area contributed by atoms with Gasteiger partial charge in [-0.1, -0.05) is 13.0 Å². The summed E-state index contributed by atoms with van der Waals surface area (Å²) >= 11 is 0. The summed E-state index contributed by atoms with van der Waals surface area (Å²) < 4.78 is 1.13. The van der Waals surface area contributed by atoms with Crippen molar-refractivity contribution in [3.8, 4) is 0 Å². The molecule has 0 saturated carbocycles. The molecule has 0 radical (unpaired) electrons. The number of pyridine rings is 1. The van der Waals surface area contributed by atoms with E-state index >= 15 is 0 Å². The molecule has 0 saturated heterocycles. The van der Waals surface area contributed by atoms with Gasteiger partial charge < -0.3 is 5.11 Å². The minimum absolute atomic E-state index is 0.111. The van der Waals surface area contributed by atoms with Crippen LogP contribution in [0.1, 0.15) is 28.5 Å². The molecule has 2 rings (SSSR count). The van der Waals surface area contributed by atoms with Crippen molar-refractivity contribution >= 4 is 5.97 Å². The summed E-state index contributed by atoms with van der Waals surface area (Å²) in [6, 6.07) is 3.68. The normalized spacial score (nSPS) is 10.4. The van der Waals surface area contributed by atoms with Gasteiger partial charge in [0.25, 0.3) is 5.56 Å². The Morgan fingerprint density at radius 1 is 1.45 bits per heavy atom. The van der Waals surface area contributed by atoms with Gasteiger partial charge in [-0.2, -0.15) is 0 Å². The summed E-state index contributed by atoms with van der Waals surface area (Å²) in [5.41, 5.74) is -0.412. The number of aromatic nitrogens is 3. The van der Waals surface area contributed by atoms with Crippen LogP contribution in [0.15, 0.2) is 34.1 Å². The lowest BCUT2D eigenvalue weighted by atomic mass is 10.1. The fraction of sp³-hybridized carbons (Fsp3) is 0.231. The van der Waals surface area contributed by atoms with Gasteiger partial charge in [0.15, 0.2) is 0 Å². The van der Waals surface area contributed by atoms with E-state index in [0.717, 1.165) is 22.7 Å². The van der Waals surface area contributed by atoms with Gasteiger partial charge in [0.2, 0.25) is 0 Å². The maximum Gasteiger partial charge on any atom is 0.342 e. The van der Waals surface area contributed by atoms with E-state index in [1.807, 2.05) is 18.0 Å². The molecule has 0 amide bonds. The molecule has 0 bridgehead atoms. The van der Waals surface area contributed by atoms with Crippen molar-refractivity contribution in [2.75, 3.05) is 0 Å². The topological polar surface area (TPSA) is 105 Å². The van der Waals surface area contributed by atoms with Gasteiger partial charge in [-0.3, -0.25) is 19.3 Å². The number of carboxylic acids is 1. The largest absolute Gasteiger partial charge is 0.477 e. The zero-order chi connectivity index (χ0) is 14.7. The molecule has 7 heteroatoms. The van der Waals surface area contributed by atoms with Gasteiger partial charge in [0, 0.05) is 12.4 Å². The number of aromatic carboxylic acids is 1. The van der Waals surface area contributed by atoms with Crippen LogP contribution < -0.4 is 11.2 Å². The average Bonchev–Trinajstić information content (AvgIpc) is 2.42. The van der Waals surface area contributed by atoms with Gasteiger partial charge in [0.05, 0.1) is 12.2 Å². The van der Waals surface area contributed by atoms with E-state index in [4.69, 9.17) is 5.11 Å². The summed E-state index contributed by atoms with van der Waals surface area (Å²) in [5, 5.41) is 8.90. The minimum Gasteiger partial charge on any atom is -0.477 e. The van der Waals surface area contributed by atoms with Crippen LogP contribution in [0.5, 0.6) is 0 Å². The van der Waals surface area contributed by atoms with E-state index in [1.165, 1.54) is 0 Å². The Labute approximate surface area is 113 Å². The van der Waals surface area contributed by atoms with E-state index in [2.05, 4.69) is 4.98 Å². The number of H-pyrrole nitrogens is 1. The Balaban J connectivity index is 2.49. The number of aryl methyl sites for hydroxylation is 1. The van der Waals surface area contributed by atoms with Gasteiger partial charge in [0.1, 0.15) is 5.56 Å². The van der Waals surface area contributed by atoms with E-state index < -0.39 is 22.8 Å². The molecule has 2 aromatic rings. The number of carbonyl (C=O) groups is 1. The highest BCUT2D eigenvalue weighted by atomic mass is 16.4. The van der Waals surface area contributed by atoms with Crippen LogP contribution >= 0.6 is 0 Å². The maximum absolute atomic E-state index is 11.7. The second-order valence-electron chi connectivity index (χ2n) is 4.20. The van der Waals surface area contributed by atoms with Crippen molar-refractivity contribution in [3.63, 3.8) is 0 Å². The third-order valence-corrected chi connectivity index (χ3v) is 2.93. The van der Waals surface area contributed by atoms with E-state index in [-0.39, 0.29) is 6.54 Å². The Morgan fingerprint density at radius 3 is 2.85 bits per heavy atom. The molecule has 7 nitrogen and oxygen atoms in total. The summed E-state index contributed by atoms with van der Waals surface area (Å²) in [4.78, 5) is 40.1. The Hall–Kier alpha value is -2.70. The van der Waals surface area contributed by atoms with E-state index in [0.29, 0.717) is 5.69 Å². The third kappa shape index (κ3) is 2.66. The zero-order valence-electron chi connectivity index (χ0n) is 10.8. The van der Waals surface area contributed by atoms with Crippen LogP contribution in [-0.2, 0) is 13.0 Å². The number of hydrogen-bond acceptors (Lipinski definition) is 4. The van der Waals surface area contributed by atoms with Crippen LogP contribution in [0.3, 0.4) is 0 Å². The van der Waals surface area contributed by atoms with Crippen molar-refractivity contribution in [2.24, 2.45) is 0 Å². The summed E-state index contributed by atoms with van der Waals surface area (Å²) in [6.07, 6.45) is 3.38. The van der Waals surface area contributed by atoms with Crippen LogP contribution in [0.2, 0.25) is 0 Å². The number of nitrogens with one attached hydrogen (secondary N) is 1. The van der Waals surface area contributed by atoms with Crippen molar-refractivity contribution in [2.45, 2.75) is 19.9 Å². The van der Waals surface area contributed by atoms with E-state index in [1.54, 1.807) is 12.3 Å². The summed E-state index contributed by atoms with van der Waals surface area (Å²) in [7, 11) is 0. The predicted molar refractivity (Wildman–Crippen MR) is 71.0 cm³/mol. The Bertz CT molecular complexity index is 761. The maximum atomic E-state index is 11.7. The molecule has 2 aromatic heterocycles. The fourth-order valence-electron chi connectivity index (χ4n) is 1.88. The Morgan fingerprint density at radius 2 is 2.20 bits per heavy atom. The van der Waals surface area contributed by atoms with Crippen LogP contribution in [0, 0.1) is 0 Å². The van der Waals surface area contributed by atoms with Crippen molar-refractivity contribution in [1.29, 1.82) is 0 Å². The van der Waals surface area contributed by atoms with Crippen LogP contribution in [0.25, 0.3) is 0 Å². The molecule has 0 fully saturated rings. The van der Waals surface area contributed by atoms with Gasteiger partial charge in [-0.25, -0.2) is 9.59 Å². The molecule has 0 spiro atoms. The lowest BCUT2D eigenvalue weighted by molar-refractivity contribution is 0.0693. The molecule has 0 aliphatic rings. The highest BCUT2D eigenvalue weighted by Gasteiger charge is 2.12. The molecule has 20 heavy (non-hydrogen) atoms. The van der Waals surface area contributed by atoms with Crippen molar-refractivity contribution in [1.82, 2.24) is 14.5 Å². The second-order valence-corrected chi connectivity index (χ2v) is 4.20. The van der Waals surface area contributed by atoms with Gasteiger partial charge >= 0.3 is 11.7 Å². The van der Waals surface area contributed by atoms with Gasteiger partial charge in [-0.05, 0) is 18.1 Å². The second kappa shape index (κ2) is 5.52. The monoisotopic (exact) mass is 275 g/mol. The first-order valence-electron chi connectivity index (χ1n) is 6.02. The van der Waals surface area contributed by atoms with Crippen molar-refractivity contribution < 1.29 is 9.90 Å². The molecule has 2 N–H and O–H groups in total. The predicted octanol–water partition coefficient (Wildman–Crippen LogP) is 0.240. The smallest absolute Gasteiger partial charge is 0.342 e. The number of hydrogen-bond donors (Lipinski definition) is 2. The quantitative estimate of drug-likeness (QED) is 0.831. The first-order valence-corrected chi connectivity index (χ1v) is 6.02. The molecule has 0 unspecified atom stereocenters. The molecule has 2 heterocycles. The van der Waals surface area contributed by atoms with E-state index in [9.17, 15) is 14.4 Å². The van der Waals surface area contributed by atoms with Crippen LogP contribution in [-0.4, -0.2) is 25.6 Å². The molecule has 104 valence electrons.